The van der Waals surface area contributed by atoms with Gasteiger partial charge >= 0.3 is 0 Å². The van der Waals surface area contributed by atoms with E-state index in [0.717, 1.165) is 28.9 Å². The Labute approximate surface area is 126 Å². The average molecular weight is 299 g/mol. The van der Waals surface area contributed by atoms with Crippen molar-refractivity contribution in [1.82, 2.24) is 19.6 Å². The SMILES string of the molecule is Cc1cnc(NCc2c(F)ccc3c2CCO3)n2cnnc12. The molecule has 0 bridgehead atoms. The van der Waals surface area contributed by atoms with E-state index in [1.807, 2.05) is 6.92 Å². The molecule has 4 rings (SSSR count). The Morgan fingerprint density at radius 1 is 1.41 bits per heavy atom. The number of halogens is 1. The van der Waals surface area contributed by atoms with Crippen LogP contribution < -0.4 is 10.1 Å². The van der Waals surface area contributed by atoms with Crippen molar-refractivity contribution < 1.29 is 9.13 Å². The molecule has 2 aromatic heterocycles. The van der Waals surface area contributed by atoms with E-state index in [1.165, 1.54) is 6.07 Å². The molecule has 112 valence electrons. The summed E-state index contributed by atoms with van der Waals surface area (Å²) in [5.41, 5.74) is 3.22. The minimum atomic E-state index is -0.233. The number of nitrogens with one attached hydrogen (secondary N) is 1. The number of anilines is 1. The molecule has 0 fully saturated rings. The highest BCUT2D eigenvalue weighted by Crippen LogP contribution is 2.30. The number of nitrogens with zero attached hydrogens (tertiary/aromatic N) is 4. The number of aromatic nitrogens is 4. The molecular formula is C15H14FN5O. The molecule has 1 aliphatic heterocycles. The second-order valence-corrected chi connectivity index (χ2v) is 5.24. The van der Waals surface area contributed by atoms with Crippen LogP contribution in [-0.4, -0.2) is 26.2 Å². The molecule has 0 radical (unpaired) electrons. The maximum absolute atomic E-state index is 14.1. The first-order chi connectivity index (χ1) is 10.7. The largest absolute Gasteiger partial charge is 0.493 e. The van der Waals surface area contributed by atoms with Crippen molar-refractivity contribution in [1.29, 1.82) is 0 Å². The fourth-order valence-electron chi connectivity index (χ4n) is 2.74. The summed E-state index contributed by atoms with van der Waals surface area (Å²) in [5, 5.41) is 11.1. The van der Waals surface area contributed by atoms with Crippen LogP contribution in [0.25, 0.3) is 5.65 Å². The molecule has 0 saturated carbocycles. The molecule has 0 spiro atoms. The Kier molecular flexibility index (Phi) is 2.92. The van der Waals surface area contributed by atoms with E-state index in [4.69, 9.17) is 4.74 Å². The van der Waals surface area contributed by atoms with Crippen molar-refractivity contribution in [2.24, 2.45) is 0 Å². The van der Waals surface area contributed by atoms with Gasteiger partial charge in [0.1, 0.15) is 17.9 Å². The number of rotatable bonds is 3. The van der Waals surface area contributed by atoms with Crippen LogP contribution in [0.4, 0.5) is 10.3 Å². The lowest BCUT2D eigenvalue weighted by molar-refractivity contribution is 0.356. The summed E-state index contributed by atoms with van der Waals surface area (Å²) in [6, 6.07) is 3.13. The van der Waals surface area contributed by atoms with Gasteiger partial charge in [-0.05, 0) is 19.1 Å². The van der Waals surface area contributed by atoms with Gasteiger partial charge in [-0.1, -0.05) is 0 Å². The van der Waals surface area contributed by atoms with Crippen molar-refractivity contribution in [3.8, 4) is 5.75 Å². The minimum Gasteiger partial charge on any atom is -0.493 e. The maximum atomic E-state index is 14.1. The second-order valence-electron chi connectivity index (χ2n) is 5.24. The Morgan fingerprint density at radius 3 is 3.23 bits per heavy atom. The van der Waals surface area contributed by atoms with E-state index in [-0.39, 0.29) is 5.82 Å². The molecule has 1 aliphatic rings. The summed E-state index contributed by atoms with van der Waals surface area (Å²) in [6.45, 7) is 2.85. The molecule has 0 amide bonds. The fourth-order valence-corrected chi connectivity index (χ4v) is 2.74. The predicted octanol–water partition coefficient (Wildman–Crippen LogP) is 2.12. The Morgan fingerprint density at radius 2 is 2.32 bits per heavy atom. The first kappa shape index (κ1) is 13.0. The number of fused-ring (bicyclic) bond motifs is 2. The molecule has 0 unspecified atom stereocenters. The van der Waals surface area contributed by atoms with Crippen LogP contribution in [0.1, 0.15) is 16.7 Å². The molecule has 1 aromatic carbocycles. The summed E-state index contributed by atoms with van der Waals surface area (Å²) < 4.78 is 21.4. The van der Waals surface area contributed by atoms with E-state index in [0.29, 0.717) is 24.7 Å². The van der Waals surface area contributed by atoms with Crippen molar-refractivity contribution in [2.45, 2.75) is 19.9 Å². The zero-order valence-electron chi connectivity index (χ0n) is 12.0. The van der Waals surface area contributed by atoms with Crippen LogP contribution in [0.15, 0.2) is 24.7 Å². The van der Waals surface area contributed by atoms with Gasteiger partial charge < -0.3 is 10.1 Å². The van der Waals surface area contributed by atoms with Crippen LogP contribution >= 0.6 is 0 Å². The molecule has 22 heavy (non-hydrogen) atoms. The van der Waals surface area contributed by atoms with Gasteiger partial charge in [-0.3, -0.25) is 4.40 Å². The van der Waals surface area contributed by atoms with Crippen molar-refractivity contribution in [3.63, 3.8) is 0 Å². The highest BCUT2D eigenvalue weighted by molar-refractivity contribution is 5.51. The van der Waals surface area contributed by atoms with Gasteiger partial charge in [0.15, 0.2) is 5.65 Å². The molecule has 0 aliphatic carbocycles. The van der Waals surface area contributed by atoms with Gasteiger partial charge in [-0.25, -0.2) is 9.37 Å². The van der Waals surface area contributed by atoms with E-state index in [1.54, 1.807) is 23.0 Å². The lowest BCUT2D eigenvalue weighted by Gasteiger charge is -2.11. The summed E-state index contributed by atoms with van der Waals surface area (Å²) in [5.74, 6) is 1.12. The lowest BCUT2D eigenvalue weighted by atomic mass is 10.0. The van der Waals surface area contributed by atoms with E-state index in [9.17, 15) is 4.39 Å². The number of hydrogen-bond acceptors (Lipinski definition) is 5. The summed E-state index contributed by atoms with van der Waals surface area (Å²) in [4.78, 5) is 4.34. The number of hydrogen-bond donors (Lipinski definition) is 1. The van der Waals surface area contributed by atoms with Crippen LogP contribution in [0, 0.1) is 12.7 Å². The van der Waals surface area contributed by atoms with E-state index in [2.05, 4.69) is 20.5 Å². The van der Waals surface area contributed by atoms with Gasteiger partial charge in [-0.2, -0.15) is 0 Å². The van der Waals surface area contributed by atoms with E-state index >= 15 is 0 Å². The van der Waals surface area contributed by atoms with Gasteiger partial charge in [0.05, 0.1) is 6.61 Å². The van der Waals surface area contributed by atoms with Crippen LogP contribution in [0.5, 0.6) is 5.75 Å². The lowest BCUT2D eigenvalue weighted by Crippen LogP contribution is -2.09. The molecule has 1 N–H and O–H groups in total. The third kappa shape index (κ3) is 1.97. The Balaban J connectivity index is 1.67. The summed E-state index contributed by atoms with van der Waals surface area (Å²) in [7, 11) is 0. The standard InChI is InChI=1S/C15H14FN5O/c1-9-6-17-15(21-8-19-20-14(9)21)18-7-11-10-4-5-22-13(10)3-2-12(11)16/h2-3,6,8H,4-5,7H2,1H3,(H,17,18). The van der Waals surface area contributed by atoms with Crippen molar-refractivity contribution in [2.75, 3.05) is 11.9 Å². The Hall–Kier alpha value is -2.70. The van der Waals surface area contributed by atoms with Crippen LogP contribution in [0.3, 0.4) is 0 Å². The van der Waals surface area contributed by atoms with Crippen molar-refractivity contribution >= 4 is 11.6 Å². The molecule has 0 atom stereocenters. The summed E-state index contributed by atoms with van der Waals surface area (Å²) in [6.07, 6.45) is 4.04. The fraction of sp³-hybridized carbons (Fsp3) is 0.267. The highest BCUT2D eigenvalue weighted by atomic mass is 19.1. The molecule has 0 saturated heterocycles. The van der Waals surface area contributed by atoms with Crippen LogP contribution in [-0.2, 0) is 13.0 Å². The number of aryl methyl sites for hydroxylation is 1. The van der Waals surface area contributed by atoms with Gasteiger partial charge in [-0.15, -0.1) is 10.2 Å². The third-order valence-corrected chi connectivity index (χ3v) is 3.87. The quantitative estimate of drug-likeness (QED) is 0.802. The molecule has 3 aromatic rings. The summed E-state index contributed by atoms with van der Waals surface area (Å²) >= 11 is 0. The van der Waals surface area contributed by atoms with Gasteiger partial charge in [0.25, 0.3) is 0 Å². The zero-order valence-corrected chi connectivity index (χ0v) is 12.0. The zero-order chi connectivity index (χ0) is 15.1. The minimum absolute atomic E-state index is 0.233. The highest BCUT2D eigenvalue weighted by Gasteiger charge is 2.19. The average Bonchev–Trinajstić information content (AvgIpc) is 3.17. The first-order valence-corrected chi connectivity index (χ1v) is 7.06. The topological polar surface area (TPSA) is 64.3 Å². The first-order valence-electron chi connectivity index (χ1n) is 7.06. The van der Waals surface area contributed by atoms with Gasteiger partial charge in [0, 0.05) is 35.9 Å². The smallest absolute Gasteiger partial charge is 0.210 e. The normalized spacial score (nSPS) is 13.2. The maximum Gasteiger partial charge on any atom is 0.210 e. The molecular weight excluding hydrogens is 285 g/mol. The monoisotopic (exact) mass is 299 g/mol. The molecule has 6 nitrogen and oxygen atoms in total. The third-order valence-electron chi connectivity index (χ3n) is 3.87. The predicted molar refractivity (Wildman–Crippen MR) is 78.4 cm³/mol. The molecule has 3 heterocycles. The van der Waals surface area contributed by atoms with Crippen molar-refractivity contribution in [3.05, 3.63) is 47.2 Å². The number of benzene rings is 1. The van der Waals surface area contributed by atoms with E-state index < -0.39 is 0 Å². The van der Waals surface area contributed by atoms with Crippen LogP contribution in [0.2, 0.25) is 0 Å². The molecule has 7 heteroatoms. The Bertz CT molecular complexity index is 861. The number of ether oxygens (including phenoxy) is 1. The second kappa shape index (κ2) is 4.94. The van der Waals surface area contributed by atoms with Gasteiger partial charge in [0.2, 0.25) is 5.95 Å².